The van der Waals surface area contributed by atoms with Gasteiger partial charge in [0.25, 0.3) is 0 Å². The highest BCUT2D eigenvalue weighted by Gasteiger charge is 2.54. The predicted molar refractivity (Wildman–Crippen MR) is 104 cm³/mol. The van der Waals surface area contributed by atoms with Gasteiger partial charge in [-0.1, -0.05) is 36.8 Å². The van der Waals surface area contributed by atoms with Crippen LogP contribution in [0.25, 0.3) is 10.8 Å². The van der Waals surface area contributed by atoms with Gasteiger partial charge in [-0.3, -0.25) is 9.24 Å². The summed E-state index contributed by atoms with van der Waals surface area (Å²) in [6, 6.07) is 15.5. The topological polar surface area (TPSA) is 26.8 Å². The highest BCUT2D eigenvalue weighted by molar-refractivity contribution is 7.61. The molecule has 132 valence electrons. The summed E-state index contributed by atoms with van der Waals surface area (Å²) < 4.78 is 21.4. The molecule has 0 N–H and O–H groups in total. The summed E-state index contributed by atoms with van der Waals surface area (Å²) in [5.41, 5.74) is 1.13. The molecule has 3 saturated heterocycles. The molecule has 2 aromatic carbocycles. The first kappa shape index (κ1) is 15.9. The minimum absolute atomic E-state index is 0.458. The van der Waals surface area contributed by atoms with E-state index in [4.69, 9.17) is 0 Å². The molecule has 2 atom stereocenters. The third-order valence-corrected chi connectivity index (χ3v) is 9.47. The van der Waals surface area contributed by atoms with Gasteiger partial charge in [0.2, 0.25) is 0 Å². The van der Waals surface area contributed by atoms with Crippen LogP contribution in [0.5, 0.6) is 0 Å². The molecule has 2 aromatic rings. The third-order valence-electron chi connectivity index (χ3n) is 6.11. The number of fused-ring (bicyclic) bond motifs is 2. The van der Waals surface area contributed by atoms with Crippen LogP contribution in [-0.4, -0.2) is 41.6 Å². The molecule has 3 heterocycles. The Hall–Kier alpha value is -1.35. The quantitative estimate of drug-likeness (QED) is 0.729. The van der Waals surface area contributed by atoms with Crippen molar-refractivity contribution in [2.75, 3.05) is 30.8 Å². The molecule has 0 spiro atoms. The number of hydrogen-bond acceptors (Lipinski definition) is 1. The van der Waals surface area contributed by atoms with Crippen LogP contribution in [0.4, 0.5) is 5.69 Å². The van der Waals surface area contributed by atoms with Crippen LogP contribution in [0, 0.1) is 0 Å². The molecule has 5 rings (SSSR count). The van der Waals surface area contributed by atoms with E-state index >= 15 is 0 Å². The smallest absolute Gasteiger partial charge is 0.297 e. The summed E-state index contributed by atoms with van der Waals surface area (Å²) in [5.74, 6) is 0. The van der Waals surface area contributed by atoms with Crippen LogP contribution in [-0.2, 0) is 4.57 Å². The van der Waals surface area contributed by atoms with Crippen LogP contribution in [0.1, 0.15) is 32.1 Å². The van der Waals surface area contributed by atoms with Gasteiger partial charge in [-0.25, -0.2) is 9.34 Å². The van der Waals surface area contributed by atoms with Gasteiger partial charge in [0.1, 0.15) is 0 Å². The summed E-state index contributed by atoms with van der Waals surface area (Å²) >= 11 is 0. The molecule has 0 bridgehead atoms. The van der Waals surface area contributed by atoms with E-state index in [1.54, 1.807) is 0 Å². The number of benzene rings is 2. The van der Waals surface area contributed by atoms with Crippen LogP contribution in [0.2, 0.25) is 0 Å². The number of rotatable bonds is 2. The molecule has 0 aromatic heterocycles. The van der Waals surface area contributed by atoms with E-state index in [1.807, 2.05) is 0 Å². The van der Waals surface area contributed by atoms with E-state index in [2.05, 4.69) is 56.5 Å². The van der Waals surface area contributed by atoms with E-state index in [-0.39, 0.29) is 0 Å². The minimum atomic E-state index is -2.66. The Bertz CT molecular complexity index is 833. The van der Waals surface area contributed by atoms with Crippen LogP contribution < -0.4 is 4.67 Å². The zero-order chi connectivity index (χ0) is 16.9. The van der Waals surface area contributed by atoms with Gasteiger partial charge in [-0.05, 0) is 48.6 Å². The normalized spacial score (nSPS) is 30.9. The third kappa shape index (κ3) is 2.46. The Morgan fingerprint density at radius 1 is 0.880 bits per heavy atom. The molecule has 0 radical (unpaired) electrons. The molecule has 0 unspecified atom stereocenters. The average molecular weight is 355 g/mol. The largest absolute Gasteiger partial charge is 0.311 e. The summed E-state index contributed by atoms with van der Waals surface area (Å²) in [6.07, 6.45) is 5.99. The molecule has 3 aliphatic heterocycles. The zero-order valence-electron chi connectivity index (χ0n) is 14.7. The van der Waals surface area contributed by atoms with Crippen LogP contribution >= 0.6 is 7.59 Å². The molecule has 4 nitrogen and oxygen atoms in total. The first-order chi connectivity index (χ1) is 12.3. The summed E-state index contributed by atoms with van der Waals surface area (Å²) in [4.78, 5) is 0. The van der Waals surface area contributed by atoms with E-state index in [1.165, 1.54) is 42.9 Å². The highest BCUT2D eigenvalue weighted by Crippen LogP contribution is 2.65. The second-order valence-corrected chi connectivity index (χ2v) is 10.2. The van der Waals surface area contributed by atoms with Crippen molar-refractivity contribution >= 4 is 24.1 Å². The fourth-order valence-electron chi connectivity index (χ4n) is 4.84. The fourth-order valence-corrected chi connectivity index (χ4v) is 8.39. The van der Waals surface area contributed by atoms with E-state index in [9.17, 15) is 4.57 Å². The molecular weight excluding hydrogens is 329 g/mol. The SMILES string of the molecule is O=[P@]1(N2CCCCC2)N(c2ccc3ccccc3c2)C[C@@H]2CCCN21. The Labute approximate surface area is 149 Å². The van der Waals surface area contributed by atoms with E-state index in [0.29, 0.717) is 6.04 Å². The van der Waals surface area contributed by atoms with E-state index < -0.39 is 7.59 Å². The van der Waals surface area contributed by atoms with Gasteiger partial charge < -0.3 is 0 Å². The average Bonchev–Trinajstić information content (AvgIpc) is 3.24. The molecule has 3 aliphatic rings. The Morgan fingerprint density at radius 2 is 1.68 bits per heavy atom. The van der Waals surface area contributed by atoms with Crippen LogP contribution in [0.15, 0.2) is 42.5 Å². The second-order valence-electron chi connectivity index (χ2n) is 7.60. The molecule has 3 fully saturated rings. The first-order valence-corrected chi connectivity index (χ1v) is 11.2. The lowest BCUT2D eigenvalue weighted by Crippen LogP contribution is -2.37. The maximum Gasteiger partial charge on any atom is 0.311 e. The maximum atomic E-state index is 14.4. The fraction of sp³-hybridized carbons (Fsp3) is 0.500. The lowest BCUT2D eigenvalue weighted by Gasteiger charge is -2.40. The summed E-state index contributed by atoms with van der Waals surface area (Å²) in [7, 11) is -2.66. The Morgan fingerprint density at radius 3 is 2.52 bits per heavy atom. The predicted octanol–water partition coefficient (Wildman–Crippen LogP) is 4.72. The van der Waals surface area contributed by atoms with Crippen molar-refractivity contribution in [3.63, 3.8) is 0 Å². The van der Waals surface area contributed by atoms with Crippen molar-refractivity contribution in [2.24, 2.45) is 0 Å². The molecule has 0 amide bonds. The lowest BCUT2D eigenvalue weighted by atomic mass is 10.1. The monoisotopic (exact) mass is 355 g/mol. The number of piperidine rings is 1. The molecule has 25 heavy (non-hydrogen) atoms. The van der Waals surface area contributed by atoms with Gasteiger partial charge in [0.05, 0.1) is 0 Å². The van der Waals surface area contributed by atoms with Crippen molar-refractivity contribution in [1.29, 1.82) is 0 Å². The van der Waals surface area contributed by atoms with Crippen molar-refractivity contribution in [3.05, 3.63) is 42.5 Å². The van der Waals surface area contributed by atoms with Gasteiger partial charge in [-0.15, -0.1) is 0 Å². The standard InChI is InChI=1S/C20H26N3OP/c24-25(21-12-4-1-5-13-21)22-14-6-9-20(22)16-23(25)19-11-10-17-7-2-3-8-18(17)15-19/h2-3,7-8,10-11,15,20H,1,4-6,9,12-14,16H2/t20-,25-/m0/s1. The van der Waals surface area contributed by atoms with Crippen molar-refractivity contribution in [1.82, 2.24) is 9.34 Å². The second kappa shape index (κ2) is 6.12. The number of nitrogens with zero attached hydrogens (tertiary/aromatic N) is 3. The van der Waals surface area contributed by atoms with Gasteiger partial charge >= 0.3 is 7.59 Å². The summed E-state index contributed by atoms with van der Waals surface area (Å²) in [6.45, 7) is 3.85. The highest BCUT2D eigenvalue weighted by atomic mass is 31.2. The Balaban J connectivity index is 1.58. The van der Waals surface area contributed by atoms with Crippen molar-refractivity contribution in [2.45, 2.75) is 38.1 Å². The Kier molecular flexibility index (Phi) is 3.89. The number of anilines is 1. The van der Waals surface area contributed by atoms with Gasteiger partial charge in [-0.2, -0.15) is 0 Å². The van der Waals surface area contributed by atoms with E-state index in [0.717, 1.165) is 31.9 Å². The zero-order valence-corrected chi connectivity index (χ0v) is 15.6. The van der Waals surface area contributed by atoms with Crippen molar-refractivity contribution < 1.29 is 4.57 Å². The maximum absolute atomic E-state index is 14.4. The van der Waals surface area contributed by atoms with Crippen molar-refractivity contribution in [3.8, 4) is 0 Å². The van der Waals surface area contributed by atoms with Gasteiger partial charge in [0, 0.05) is 37.9 Å². The summed E-state index contributed by atoms with van der Waals surface area (Å²) in [5, 5.41) is 2.48. The van der Waals surface area contributed by atoms with Crippen LogP contribution in [0.3, 0.4) is 0 Å². The molecule has 5 heteroatoms. The first-order valence-electron chi connectivity index (χ1n) is 9.66. The molecule has 0 aliphatic carbocycles. The van der Waals surface area contributed by atoms with Gasteiger partial charge in [0.15, 0.2) is 0 Å². The minimum Gasteiger partial charge on any atom is -0.297 e. The molecule has 0 saturated carbocycles. The lowest BCUT2D eigenvalue weighted by molar-refractivity contribution is 0.309. The number of hydrogen-bond donors (Lipinski definition) is 0. The molecular formula is C20H26N3OP.